The molecule has 0 aromatic carbocycles. The number of aromatic nitrogens is 3. The molecule has 15 heavy (non-hydrogen) atoms. The highest BCUT2D eigenvalue weighted by atomic mass is 79.9. The summed E-state index contributed by atoms with van der Waals surface area (Å²) >= 11 is 3.33. The topological polar surface area (TPSA) is 66.0 Å². The molecule has 5 nitrogen and oxygen atoms in total. The van der Waals surface area contributed by atoms with Crippen molar-refractivity contribution in [3.8, 4) is 0 Å². The van der Waals surface area contributed by atoms with Gasteiger partial charge in [-0.25, -0.2) is 4.68 Å². The van der Waals surface area contributed by atoms with Gasteiger partial charge in [-0.1, -0.05) is 12.8 Å². The number of nitrogen functional groups attached to an aromatic ring is 1. The van der Waals surface area contributed by atoms with Gasteiger partial charge in [0.1, 0.15) is 0 Å². The summed E-state index contributed by atoms with van der Waals surface area (Å²) in [5.41, 5.74) is 5.44. The minimum Gasteiger partial charge on any atom is -0.376 e. The van der Waals surface area contributed by atoms with E-state index in [2.05, 4.69) is 26.0 Å². The molecule has 0 atom stereocenters. The van der Waals surface area contributed by atoms with Crippen LogP contribution in [0.4, 0.5) is 5.95 Å². The molecular weight excluding hydrogens is 260 g/mol. The highest BCUT2D eigenvalue weighted by Crippen LogP contribution is 2.34. The van der Waals surface area contributed by atoms with Crippen LogP contribution in [0.2, 0.25) is 0 Å². The number of hydrogen-bond acceptors (Lipinski definition) is 4. The lowest BCUT2D eigenvalue weighted by Crippen LogP contribution is -2.33. The molecular formula is C9H15BrN4O. The number of hydrogen-bond donors (Lipinski definition) is 1. The molecule has 2 N–H and O–H groups in total. The van der Waals surface area contributed by atoms with Gasteiger partial charge in [0.05, 0.1) is 12.1 Å². The Kier molecular flexibility index (Phi) is 2.97. The molecule has 1 fully saturated rings. The molecule has 6 heteroatoms. The molecule has 0 amide bonds. The van der Waals surface area contributed by atoms with Crippen LogP contribution >= 0.6 is 15.9 Å². The van der Waals surface area contributed by atoms with Crippen LogP contribution in [0.1, 0.15) is 25.7 Å². The maximum Gasteiger partial charge on any atom is 0.240 e. The molecule has 0 radical (unpaired) electrons. The number of nitrogens with two attached hydrogens (primary N) is 1. The first-order valence-electron chi connectivity index (χ1n) is 5.06. The average molecular weight is 275 g/mol. The SMILES string of the molecule is COC1(Cn2nc(N)nc2Br)CCCC1. The van der Waals surface area contributed by atoms with Gasteiger partial charge in [-0.2, -0.15) is 4.98 Å². The zero-order valence-electron chi connectivity index (χ0n) is 8.74. The number of halogens is 1. The zero-order chi connectivity index (χ0) is 10.9. The number of ether oxygens (including phenoxy) is 1. The third-order valence-corrected chi connectivity index (χ3v) is 3.62. The summed E-state index contributed by atoms with van der Waals surface area (Å²) in [6.07, 6.45) is 4.59. The zero-order valence-corrected chi connectivity index (χ0v) is 10.3. The Morgan fingerprint density at radius 2 is 2.20 bits per heavy atom. The Hall–Kier alpha value is -0.620. The van der Waals surface area contributed by atoms with Gasteiger partial charge in [-0.05, 0) is 28.8 Å². The fraction of sp³-hybridized carbons (Fsp3) is 0.778. The maximum atomic E-state index is 5.62. The fourth-order valence-electron chi connectivity index (χ4n) is 2.16. The molecule has 1 saturated carbocycles. The Morgan fingerprint density at radius 3 is 2.67 bits per heavy atom. The molecule has 0 aliphatic heterocycles. The van der Waals surface area contributed by atoms with Gasteiger partial charge in [0, 0.05) is 7.11 Å². The minimum atomic E-state index is -0.0807. The summed E-state index contributed by atoms with van der Waals surface area (Å²) in [5, 5.41) is 4.12. The second kappa shape index (κ2) is 4.09. The van der Waals surface area contributed by atoms with E-state index in [1.165, 1.54) is 12.8 Å². The third kappa shape index (κ3) is 2.15. The second-order valence-electron chi connectivity index (χ2n) is 3.99. The van der Waals surface area contributed by atoms with Gasteiger partial charge in [-0.15, -0.1) is 5.10 Å². The molecule has 0 spiro atoms. The standard InChI is InChI=1S/C9H15BrN4O/c1-15-9(4-2-3-5-9)6-14-7(10)12-8(11)13-14/h2-6H2,1H3,(H2,11,13). The molecule has 84 valence electrons. The van der Waals surface area contributed by atoms with Crippen LogP contribution in [0.25, 0.3) is 0 Å². The summed E-state index contributed by atoms with van der Waals surface area (Å²) in [6, 6.07) is 0. The summed E-state index contributed by atoms with van der Waals surface area (Å²) in [4.78, 5) is 4.01. The number of rotatable bonds is 3. The maximum absolute atomic E-state index is 5.62. The van der Waals surface area contributed by atoms with Crippen molar-refractivity contribution in [1.82, 2.24) is 14.8 Å². The van der Waals surface area contributed by atoms with Crippen molar-refractivity contribution < 1.29 is 4.74 Å². The van der Waals surface area contributed by atoms with Crippen molar-refractivity contribution in [3.05, 3.63) is 4.73 Å². The molecule has 1 heterocycles. The van der Waals surface area contributed by atoms with Gasteiger partial charge < -0.3 is 10.5 Å². The van der Waals surface area contributed by atoms with Crippen molar-refractivity contribution in [2.75, 3.05) is 12.8 Å². The Labute approximate surface area is 97.1 Å². The normalized spacial score (nSPS) is 19.6. The van der Waals surface area contributed by atoms with Crippen molar-refractivity contribution >= 4 is 21.9 Å². The molecule has 0 unspecified atom stereocenters. The molecule has 2 rings (SSSR count). The third-order valence-electron chi connectivity index (χ3n) is 3.03. The summed E-state index contributed by atoms with van der Waals surface area (Å²) < 4.78 is 8.05. The average Bonchev–Trinajstić information content (AvgIpc) is 2.76. The van der Waals surface area contributed by atoms with Crippen molar-refractivity contribution in [1.29, 1.82) is 0 Å². The number of nitrogens with zero attached hydrogens (tertiary/aromatic N) is 3. The Bertz CT molecular complexity index is 346. The number of methoxy groups -OCH3 is 1. The molecule has 0 saturated heterocycles. The first-order chi connectivity index (χ1) is 7.15. The smallest absolute Gasteiger partial charge is 0.240 e. The first kappa shape index (κ1) is 10.9. The van der Waals surface area contributed by atoms with Gasteiger partial charge in [0.15, 0.2) is 4.73 Å². The van der Waals surface area contributed by atoms with E-state index in [0.717, 1.165) is 12.8 Å². The van der Waals surface area contributed by atoms with E-state index < -0.39 is 0 Å². The Balaban J connectivity index is 2.16. The van der Waals surface area contributed by atoms with Gasteiger partial charge >= 0.3 is 0 Å². The molecule has 1 aliphatic carbocycles. The van der Waals surface area contributed by atoms with Crippen LogP contribution in [0.5, 0.6) is 0 Å². The molecule has 1 aliphatic rings. The monoisotopic (exact) mass is 274 g/mol. The van der Waals surface area contributed by atoms with Crippen molar-refractivity contribution in [2.45, 2.75) is 37.8 Å². The lowest BCUT2D eigenvalue weighted by atomic mass is 10.0. The van der Waals surface area contributed by atoms with E-state index in [4.69, 9.17) is 10.5 Å². The summed E-state index contributed by atoms with van der Waals surface area (Å²) in [6.45, 7) is 0.717. The van der Waals surface area contributed by atoms with Crippen LogP contribution in [0.15, 0.2) is 4.73 Å². The lowest BCUT2D eigenvalue weighted by Gasteiger charge is -2.27. The van der Waals surface area contributed by atoms with E-state index in [9.17, 15) is 0 Å². The van der Waals surface area contributed by atoms with E-state index in [0.29, 0.717) is 17.2 Å². The van der Waals surface area contributed by atoms with Gasteiger partial charge in [-0.3, -0.25) is 0 Å². The fourth-order valence-corrected chi connectivity index (χ4v) is 2.55. The van der Waals surface area contributed by atoms with Crippen molar-refractivity contribution in [3.63, 3.8) is 0 Å². The molecule has 0 bridgehead atoms. The lowest BCUT2D eigenvalue weighted by molar-refractivity contribution is -0.0213. The predicted octanol–water partition coefficient (Wildman–Crippen LogP) is 1.58. The first-order valence-corrected chi connectivity index (χ1v) is 5.85. The Morgan fingerprint density at radius 1 is 1.53 bits per heavy atom. The second-order valence-corrected chi connectivity index (χ2v) is 4.70. The largest absolute Gasteiger partial charge is 0.376 e. The van der Waals surface area contributed by atoms with E-state index in [1.54, 1.807) is 11.8 Å². The van der Waals surface area contributed by atoms with Crippen LogP contribution in [-0.4, -0.2) is 27.5 Å². The van der Waals surface area contributed by atoms with E-state index in [-0.39, 0.29) is 5.60 Å². The van der Waals surface area contributed by atoms with Crippen LogP contribution in [-0.2, 0) is 11.3 Å². The minimum absolute atomic E-state index is 0.0807. The predicted molar refractivity (Wildman–Crippen MR) is 60.3 cm³/mol. The quantitative estimate of drug-likeness (QED) is 0.909. The van der Waals surface area contributed by atoms with Crippen molar-refractivity contribution in [2.24, 2.45) is 0 Å². The number of anilines is 1. The highest BCUT2D eigenvalue weighted by Gasteiger charge is 2.35. The summed E-state index contributed by atoms with van der Waals surface area (Å²) in [5.74, 6) is 0.297. The van der Waals surface area contributed by atoms with Crippen LogP contribution < -0.4 is 5.73 Å². The van der Waals surface area contributed by atoms with Gasteiger partial charge in [0.2, 0.25) is 5.95 Å². The molecule has 1 aromatic heterocycles. The van der Waals surface area contributed by atoms with Crippen LogP contribution in [0.3, 0.4) is 0 Å². The molecule has 1 aromatic rings. The van der Waals surface area contributed by atoms with Crippen LogP contribution in [0, 0.1) is 0 Å². The van der Waals surface area contributed by atoms with E-state index >= 15 is 0 Å². The highest BCUT2D eigenvalue weighted by molar-refractivity contribution is 9.10. The van der Waals surface area contributed by atoms with E-state index in [1.807, 2.05) is 0 Å². The summed E-state index contributed by atoms with van der Waals surface area (Å²) in [7, 11) is 1.76. The van der Waals surface area contributed by atoms with Gasteiger partial charge in [0.25, 0.3) is 0 Å².